The van der Waals surface area contributed by atoms with Crippen molar-refractivity contribution in [2.24, 2.45) is 10.1 Å². The topological polar surface area (TPSA) is 141 Å². The predicted octanol–water partition coefficient (Wildman–Crippen LogP) is 5.85. The summed E-state index contributed by atoms with van der Waals surface area (Å²) in [6, 6.07) is 29.6. The fourth-order valence-corrected chi connectivity index (χ4v) is 4.98. The van der Waals surface area contributed by atoms with Gasteiger partial charge in [0.2, 0.25) is 5.90 Å². The molecule has 0 unspecified atom stereocenters. The molecule has 11 heteroatoms. The highest BCUT2D eigenvalue weighted by atomic mass is 19.1. The first-order valence-electron chi connectivity index (χ1n) is 14.1. The fourth-order valence-electron chi connectivity index (χ4n) is 4.98. The molecule has 44 heavy (non-hydrogen) atoms. The number of aliphatic hydroxyl groups excluding tert-OH is 1. The first-order valence-corrected chi connectivity index (χ1v) is 14.1. The molecule has 1 heterocycles. The van der Waals surface area contributed by atoms with Gasteiger partial charge < -0.3 is 14.6 Å². The van der Waals surface area contributed by atoms with Crippen LogP contribution in [0.1, 0.15) is 34.8 Å². The molecule has 1 aliphatic heterocycles. The number of carbonyl (C=O) groups is 1. The second kappa shape index (κ2) is 14.3. The number of rotatable bonds is 13. The summed E-state index contributed by atoms with van der Waals surface area (Å²) in [6.07, 6.45) is -0.344. The number of hydrazine groups is 1. The predicted molar refractivity (Wildman–Crippen MR) is 164 cm³/mol. The summed E-state index contributed by atoms with van der Waals surface area (Å²) < 4.78 is 26.4. The number of hydrogen-bond acceptors (Lipinski definition) is 7. The Hall–Kier alpha value is -5.22. The molecule has 5 rings (SSSR count). The number of aliphatic hydroxyl groups is 1. The van der Waals surface area contributed by atoms with Gasteiger partial charge in [0.05, 0.1) is 6.61 Å². The van der Waals surface area contributed by atoms with E-state index in [0.717, 1.165) is 5.56 Å². The van der Waals surface area contributed by atoms with Crippen LogP contribution in [0.2, 0.25) is 0 Å². The minimum absolute atomic E-state index is 0.0299. The van der Waals surface area contributed by atoms with Gasteiger partial charge in [-0.25, -0.2) is 14.8 Å². The van der Waals surface area contributed by atoms with Crippen molar-refractivity contribution in [1.29, 1.82) is 0 Å². The monoisotopic (exact) mass is 594 g/mol. The highest BCUT2D eigenvalue weighted by Gasteiger charge is 2.54. The fraction of sp³-hybridized carbons (Fsp3) is 0.212. The lowest BCUT2D eigenvalue weighted by atomic mass is 9.81. The summed E-state index contributed by atoms with van der Waals surface area (Å²) in [5.41, 5.74) is 15.9. The summed E-state index contributed by atoms with van der Waals surface area (Å²) in [6.45, 7) is 0.433. The van der Waals surface area contributed by atoms with Crippen molar-refractivity contribution in [2.45, 2.75) is 31.0 Å². The SMILES string of the molecule is [N-]=[N+]=Nc1ccccc1[C@@H]1OC(c2ccc(OCCCO)cc2)=N[C@]1(Cc1ccccc1)C(=O)NNCc1ccccc1F. The Kier molecular flexibility index (Phi) is 9.83. The minimum Gasteiger partial charge on any atom is -0.494 e. The Morgan fingerprint density at radius 1 is 1.02 bits per heavy atom. The van der Waals surface area contributed by atoms with Crippen molar-refractivity contribution in [2.75, 3.05) is 13.2 Å². The average molecular weight is 595 g/mol. The highest BCUT2D eigenvalue weighted by molar-refractivity contribution is 6.01. The lowest BCUT2D eigenvalue weighted by Gasteiger charge is -2.31. The Morgan fingerprint density at radius 3 is 2.50 bits per heavy atom. The van der Waals surface area contributed by atoms with Gasteiger partial charge in [0.1, 0.15) is 11.6 Å². The maximum atomic E-state index is 14.3. The molecule has 0 radical (unpaired) electrons. The van der Waals surface area contributed by atoms with Crippen LogP contribution >= 0.6 is 0 Å². The maximum absolute atomic E-state index is 14.3. The van der Waals surface area contributed by atoms with Crippen molar-refractivity contribution >= 4 is 17.5 Å². The van der Waals surface area contributed by atoms with Crippen molar-refractivity contribution < 1.29 is 23.8 Å². The molecule has 0 aromatic heterocycles. The molecule has 10 nitrogen and oxygen atoms in total. The van der Waals surface area contributed by atoms with Crippen LogP contribution in [-0.4, -0.2) is 35.7 Å². The third-order valence-electron chi connectivity index (χ3n) is 7.16. The van der Waals surface area contributed by atoms with Crippen LogP contribution in [0.25, 0.3) is 10.4 Å². The zero-order chi connectivity index (χ0) is 30.8. The Balaban J connectivity index is 1.55. The van der Waals surface area contributed by atoms with Crippen molar-refractivity contribution in [1.82, 2.24) is 10.9 Å². The standard InChI is InChI=1S/C33H31FN6O4/c34-28-13-6-4-11-25(28)22-36-39-32(42)33(21-23-9-2-1-3-10-23)30(27-12-5-7-14-29(27)38-40-35)44-31(37-33)24-15-17-26(18-16-24)43-20-8-19-41/h1-7,9-18,30,36,41H,8,19-22H2,(H,39,42)/t30-,33-/m0/s1. The molecule has 0 saturated heterocycles. The zero-order valence-corrected chi connectivity index (χ0v) is 23.8. The lowest BCUT2D eigenvalue weighted by Crippen LogP contribution is -2.53. The van der Waals surface area contributed by atoms with Gasteiger partial charge in [-0.2, -0.15) is 0 Å². The number of azide groups is 1. The molecule has 0 fully saturated rings. The Morgan fingerprint density at radius 2 is 1.75 bits per heavy atom. The van der Waals surface area contributed by atoms with Gasteiger partial charge in [-0.3, -0.25) is 10.2 Å². The quantitative estimate of drug-likeness (QED) is 0.0586. The van der Waals surface area contributed by atoms with Crippen LogP contribution in [0, 0.1) is 5.82 Å². The number of amides is 1. The largest absolute Gasteiger partial charge is 0.494 e. The van der Waals surface area contributed by atoms with Crippen LogP contribution in [0.5, 0.6) is 5.75 Å². The highest BCUT2D eigenvalue weighted by Crippen LogP contribution is 2.45. The van der Waals surface area contributed by atoms with Crippen molar-refractivity contribution in [3.05, 3.63) is 142 Å². The Bertz CT molecular complexity index is 1660. The summed E-state index contributed by atoms with van der Waals surface area (Å²) in [5, 5.41) is 12.9. The molecule has 0 bridgehead atoms. The summed E-state index contributed by atoms with van der Waals surface area (Å²) in [7, 11) is 0. The number of nitrogens with one attached hydrogen (secondary N) is 2. The molecule has 2 atom stereocenters. The molecule has 1 aliphatic rings. The van der Waals surface area contributed by atoms with Crippen LogP contribution in [0.15, 0.2) is 113 Å². The van der Waals surface area contributed by atoms with E-state index in [0.29, 0.717) is 41.2 Å². The van der Waals surface area contributed by atoms with E-state index in [4.69, 9.17) is 19.6 Å². The van der Waals surface area contributed by atoms with Gasteiger partial charge in [-0.15, -0.1) is 0 Å². The lowest BCUT2D eigenvalue weighted by molar-refractivity contribution is -0.130. The number of benzene rings is 4. The van der Waals surface area contributed by atoms with E-state index in [9.17, 15) is 14.7 Å². The second-order valence-electron chi connectivity index (χ2n) is 10.1. The maximum Gasteiger partial charge on any atom is 0.266 e. The van der Waals surface area contributed by atoms with Gasteiger partial charge in [0.25, 0.3) is 5.91 Å². The number of halogens is 1. The number of ether oxygens (including phenoxy) is 2. The van der Waals surface area contributed by atoms with Gasteiger partial charge in [-0.1, -0.05) is 77.9 Å². The van der Waals surface area contributed by atoms with E-state index in [1.54, 1.807) is 66.7 Å². The number of aliphatic imine (C=N–C) groups is 1. The second-order valence-corrected chi connectivity index (χ2v) is 10.1. The molecule has 3 N–H and O–H groups in total. The third-order valence-corrected chi connectivity index (χ3v) is 7.16. The van der Waals surface area contributed by atoms with Crippen LogP contribution in [0.4, 0.5) is 10.1 Å². The van der Waals surface area contributed by atoms with E-state index >= 15 is 0 Å². The van der Waals surface area contributed by atoms with Crippen LogP contribution < -0.4 is 15.6 Å². The third kappa shape index (κ3) is 6.87. The smallest absolute Gasteiger partial charge is 0.266 e. The molecule has 1 amide bonds. The molecule has 4 aromatic rings. The van der Waals surface area contributed by atoms with Crippen molar-refractivity contribution in [3.63, 3.8) is 0 Å². The Labute approximate surface area is 253 Å². The van der Waals surface area contributed by atoms with Crippen LogP contribution in [0.3, 0.4) is 0 Å². The van der Waals surface area contributed by atoms with E-state index in [1.807, 2.05) is 30.3 Å². The first-order chi connectivity index (χ1) is 21.5. The van der Waals surface area contributed by atoms with Crippen molar-refractivity contribution in [3.8, 4) is 5.75 Å². The van der Waals surface area contributed by atoms with E-state index < -0.39 is 23.4 Å². The normalized spacial score (nSPS) is 17.2. The minimum atomic E-state index is -1.56. The van der Waals surface area contributed by atoms with Gasteiger partial charge in [0, 0.05) is 53.3 Å². The number of hydrogen-bond donors (Lipinski definition) is 3. The van der Waals surface area contributed by atoms with E-state index in [2.05, 4.69) is 20.9 Å². The summed E-state index contributed by atoms with van der Waals surface area (Å²) in [5.74, 6) is -0.0929. The molecule has 0 saturated carbocycles. The summed E-state index contributed by atoms with van der Waals surface area (Å²) >= 11 is 0. The molecule has 0 aliphatic carbocycles. The molecular formula is C33H31FN6O4. The molecule has 224 valence electrons. The molecule has 0 spiro atoms. The van der Waals surface area contributed by atoms with Gasteiger partial charge in [-0.05, 0) is 41.4 Å². The number of carbonyl (C=O) groups excluding carboxylic acids is 1. The van der Waals surface area contributed by atoms with Crippen LogP contribution in [-0.2, 0) is 22.5 Å². The average Bonchev–Trinajstić information content (AvgIpc) is 3.43. The molecule has 4 aromatic carbocycles. The molecular weight excluding hydrogens is 563 g/mol. The number of nitrogens with zero attached hydrogens (tertiary/aromatic N) is 4. The zero-order valence-electron chi connectivity index (χ0n) is 23.8. The summed E-state index contributed by atoms with van der Waals surface area (Å²) in [4.78, 5) is 22.2. The van der Waals surface area contributed by atoms with E-state index in [1.165, 1.54) is 6.07 Å². The van der Waals surface area contributed by atoms with Gasteiger partial charge >= 0.3 is 0 Å². The first kappa shape index (κ1) is 30.2. The van der Waals surface area contributed by atoms with E-state index in [-0.39, 0.29) is 25.5 Å². The van der Waals surface area contributed by atoms with Gasteiger partial charge in [0.15, 0.2) is 11.6 Å².